The zero-order valence-electron chi connectivity index (χ0n) is 30.1. The molecule has 0 radical (unpaired) electrons. The van der Waals surface area contributed by atoms with Crippen molar-refractivity contribution in [2.24, 2.45) is 7.05 Å². The van der Waals surface area contributed by atoms with E-state index in [2.05, 4.69) is 53.9 Å². The highest BCUT2D eigenvalue weighted by atomic mass is 36.0. The van der Waals surface area contributed by atoms with E-state index < -0.39 is 124 Å². The number of hydrogen-bond donors (Lipinski definition) is 0. The minimum atomic E-state index is -5.91. The SMILES string of the molecule is CN1C(=O)Cn2c1nc(C(F)(F)F)c(-c1cnn(CC(F)(F)C(F)(F)F)c1)c2=O.Cn1c(Cl)cn2c(=O)c(-c3cnn(CC(F)(F)C(F)(F)F)c3)c(C(F)(F)F)nc12.O=P(Cl)(Cl)Cl. The highest BCUT2D eigenvalue weighted by Gasteiger charge is 2.58. The molecule has 35 heteroatoms. The van der Waals surface area contributed by atoms with Gasteiger partial charge in [-0.15, -0.1) is 0 Å². The summed E-state index contributed by atoms with van der Waals surface area (Å²) in [6.45, 7) is -4.59. The molecule has 0 aliphatic carbocycles. The second-order valence-electron chi connectivity index (χ2n) is 12.5. The predicted octanol–water partition coefficient (Wildman–Crippen LogP) is 8.88. The van der Waals surface area contributed by atoms with E-state index in [0.29, 0.717) is 33.8 Å². The number of halogens is 20. The van der Waals surface area contributed by atoms with E-state index in [1.54, 1.807) is 0 Å². The summed E-state index contributed by atoms with van der Waals surface area (Å²) in [4.78, 5) is 44.2. The Balaban J connectivity index is 0.000000250. The third-order valence-electron chi connectivity index (χ3n) is 8.00. The van der Waals surface area contributed by atoms with Crippen LogP contribution in [0.15, 0.2) is 40.6 Å². The zero-order valence-corrected chi connectivity index (χ0v) is 34.0. The molecule has 0 N–H and O–H groups in total. The molecule has 348 valence electrons. The smallest absolute Gasteiger partial charge is 0.304 e. The first-order valence-corrected chi connectivity index (χ1v) is 20.5. The van der Waals surface area contributed by atoms with Gasteiger partial charge in [0.15, 0.2) is 11.4 Å². The van der Waals surface area contributed by atoms with Crippen molar-refractivity contribution in [3.8, 4) is 22.3 Å². The highest BCUT2D eigenvalue weighted by Crippen LogP contribution is 2.61. The van der Waals surface area contributed by atoms with Crippen molar-refractivity contribution in [3.63, 3.8) is 0 Å². The Bertz CT molecular complexity index is 2710. The van der Waals surface area contributed by atoms with Gasteiger partial charge in [0.25, 0.3) is 11.1 Å². The van der Waals surface area contributed by atoms with E-state index in [4.69, 9.17) is 11.6 Å². The van der Waals surface area contributed by atoms with Gasteiger partial charge in [-0.2, -0.15) is 80.4 Å². The van der Waals surface area contributed by atoms with Crippen LogP contribution >= 0.6 is 50.5 Å². The third-order valence-corrected chi connectivity index (χ3v) is 8.35. The van der Waals surface area contributed by atoms with E-state index in [1.165, 1.54) is 7.05 Å². The lowest BCUT2D eigenvalue weighted by atomic mass is 10.1. The number of anilines is 1. The second kappa shape index (κ2) is 17.1. The van der Waals surface area contributed by atoms with Crippen molar-refractivity contribution < 1.29 is 79.6 Å². The Morgan fingerprint density at radius 2 is 1.05 bits per heavy atom. The lowest BCUT2D eigenvalue weighted by Crippen LogP contribution is -2.40. The average molecular weight is 1030 g/mol. The summed E-state index contributed by atoms with van der Waals surface area (Å²) in [6, 6.07) is 0. The molecule has 0 fully saturated rings. The monoisotopic (exact) mass is 1030 g/mol. The van der Waals surface area contributed by atoms with Gasteiger partial charge in [0.2, 0.25) is 17.6 Å². The predicted molar refractivity (Wildman–Crippen MR) is 187 cm³/mol. The van der Waals surface area contributed by atoms with Crippen LogP contribution in [0.2, 0.25) is 5.15 Å². The lowest BCUT2D eigenvalue weighted by Gasteiger charge is -2.19. The fourth-order valence-corrected chi connectivity index (χ4v) is 5.31. The van der Waals surface area contributed by atoms with Gasteiger partial charge in [-0.3, -0.25) is 37.8 Å². The summed E-state index contributed by atoms with van der Waals surface area (Å²) in [5.41, 5.74) is -9.47. The second-order valence-corrected chi connectivity index (χ2v) is 19.5. The fourth-order valence-electron chi connectivity index (χ4n) is 5.13. The largest absolute Gasteiger partial charge is 0.455 e. The van der Waals surface area contributed by atoms with Gasteiger partial charge < -0.3 is 4.57 Å². The summed E-state index contributed by atoms with van der Waals surface area (Å²) in [6.07, 6.45) is -19.1. The Morgan fingerprint density at radius 3 is 1.44 bits per heavy atom. The molecule has 0 aromatic carbocycles. The molecule has 14 nitrogen and oxygen atoms in total. The maximum atomic E-state index is 13.5. The van der Waals surface area contributed by atoms with Gasteiger partial charge in [-0.1, -0.05) is 11.6 Å². The van der Waals surface area contributed by atoms with Crippen LogP contribution in [0.1, 0.15) is 11.4 Å². The molecule has 1 aliphatic rings. The van der Waals surface area contributed by atoms with Gasteiger partial charge >= 0.3 is 41.8 Å². The number of fused-ring (bicyclic) bond motifs is 2. The molecule has 63 heavy (non-hydrogen) atoms. The molecule has 1 aliphatic heterocycles. The van der Waals surface area contributed by atoms with Crippen molar-refractivity contribution in [1.82, 2.24) is 43.1 Å². The third kappa shape index (κ3) is 11.2. The molecule has 5 aromatic heterocycles. The maximum absolute atomic E-state index is 13.5. The van der Waals surface area contributed by atoms with Gasteiger partial charge in [-0.05, 0) is 33.7 Å². The van der Waals surface area contributed by atoms with E-state index in [-0.39, 0.29) is 14.5 Å². The lowest BCUT2D eigenvalue weighted by molar-refractivity contribution is -0.287. The number of aromatic nitrogens is 9. The van der Waals surface area contributed by atoms with E-state index in [1.807, 2.05) is 0 Å². The molecule has 0 unspecified atom stereocenters. The van der Waals surface area contributed by atoms with Crippen LogP contribution in [-0.4, -0.2) is 80.2 Å². The summed E-state index contributed by atoms with van der Waals surface area (Å²) in [5.74, 6) is -12.1. The molecule has 0 saturated carbocycles. The normalized spacial score (nSPS) is 14.1. The number of imidazole rings is 1. The Hall–Kier alpha value is -4.54. The summed E-state index contributed by atoms with van der Waals surface area (Å²) in [5, 5.41) is 3.07. The van der Waals surface area contributed by atoms with Gasteiger partial charge in [0, 0.05) is 37.6 Å². The van der Waals surface area contributed by atoms with E-state index in [0.717, 1.165) is 22.7 Å². The fraction of sp³-hybridized carbons (Fsp3) is 0.393. The standard InChI is InChI=1S/C14H8ClF8N5O.C14H9F8N5O2.Cl3OP/c1-26-7(15)4-28-10(29)8(9(13(18,19)20)25-11(26)28)6-2-24-27(3-6)5-12(16,17)14(21,22)23;1-25-7(28)4-27-10(29)8(9(13(17,18)19)24-11(25)27)6-2-23-26(3-6)5-12(15,16)14(20,21)22;1-5(2,3)4/h2-4H,5H2,1H3;2-3H,4-5H2,1H3;. The average Bonchev–Trinajstić information content (AvgIpc) is 3.87. The number of carbonyl (C=O) groups excluding carboxylic acids is 1. The molecule has 0 saturated heterocycles. The number of carbonyl (C=O) groups is 1. The van der Waals surface area contributed by atoms with Crippen LogP contribution in [0.4, 0.5) is 76.2 Å². The Kier molecular flexibility index (Phi) is 13.9. The summed E-state index contributed by atoms with van der Waals surface area (Å²) >= 11 is 19.6. The quantitative estimate of drug-likeness (QED) is 0.121. The van der Waals surface area contributed by atoms with Crippen molar-refractivity contribution in [2.45, 2.75) is 56.2 Å². The van der Waals surface area contributed by atoms with Crippen LogP contribution in [0.3, 0.4) is 0 Å². The highest BCUT2D eigenvalue weighted by molar-refractivity contribution is 8.24. The number of alkyl halides is 16. The van der Waals surface area contributed by atoms with Gasteiger partial charge in [0.05, 0.1) is 29.7 Å². The number of hydrogen-bond acceptors (Lipinski definition) is 8. The zero-order chi connectivity index (χ0) is 48.4. The van der Waals surface area contributed by atoms with Crippen LogP contribution in [0.5, 0.6) is 0 Å². The molecule has 6 heterocycles. The molecule has 5 aromatic rings. The molecule has 0 bridgehead atoms. The minimum Gasteiger partial charge on any atom is -0.304 e. The number of nitrogens with zero attached hydrogens (tertiary/aromatic N) is 10. The van der Waals surface area contributed by atoms with Crippen molar-refractivity contribution in [2.75, 3.05) is 11.9 Å². The Labute approximate surface area is 355 Å². The topological polar surface area (TPSA) is 147 Å². The number of likely N-dealkylation sites (N-methyl/N-ethyl adjacent to an activating group) is 1. The first kappa shape index (κ1) is 51.1. The van der Waals surface area contributed by atoms with E-state index >= 15 is 0 Å². The minimum absolute atomic E-state index is 0.0671. The molecule has 6 rings (SSSR count). The number of rotatable bonds is 6. The van der Waals surface area contributed by atoms with Crippen LogP contribution in [0.25, 0.3) is 28.0 Å². The van der Waals surface area contributed by atoms with Crippen LogP contribution < -0.4 is 16.0 Å². The number of aryl methyl sites for hydroxylation is 1. The molecule has 0 spiro atoms. The van der Waals surface area contributed by atoms with Gasteiger partial charge in [0.1, 0.15) is 24.8 Å². The van der Waals surface area contributed by atoms with Gasteiger partial charge in [-0.25, -0.2) is 14.4 Å². The summed E-state index contributed by atoms with van der Waals surface area (Å²) < 4.78 is 219. The van der Waals surface area contributed by atoms with E-state index in [9.17, 15) is 89.2 Å². The molecular formula is C28H17Cl4F16N10O4P. The molecular weight excluding hydrogens is 1020 g/mol. The van der Waals surface area contributed by atoms with Crippen molar-refractivity contribution in [3.05, 3.63) is 68.2 Å². The number of amides is 1. The first-order chi connectivity index (χ1) is 28.3. The first-order valence-electron chi connectivity index (χ1n) is 15.7. The molecule has 0 atom stereocenters. The van der Waals surface area contributed by atoms with Crippen LogP contribution in [0, 0.1) is 0 Å². The Morgan fingerprint density at radius 1 is 0.651 bits per heavy atom. The maximum Gasteiger partial charge on any atom is 0.455 e. The van der Waals surface area contributed by atoms with Crippen LogP contribution in [-0.2, 0) is 48.4 Å². The summed E-state index contributed by atoms with van der Waals surface area (Å²) in [7, 11) is 2.35. The molecule has 1 amide bonds. The van der Waals surface area contributed by atoms with Crippen molar-refractivity contribution in [1.29, 1.82) is 0 Å². The van der Waals surface area contributed by atoms with Crippen molar-refractivity contribution >= 4 is 68.2 Å².